The number of carbonyl (C=O) groups excluding carboxylic acids is 10. The van der Waals surface area contributed by atoms with Crippen molar-refractivity contribution in [2.45, 2.75) is 166 Å². The minimum absolute atomic E-state index is 0.00835. The predicted octanol–water partition coefficient (Wildman–Crippen LogP) is -4.57. The van der Waals surface area contributed by atoms with Crippen LogP contribution in [0.3, 0.4) is 0 Å². The van der Waals surface area contributed by atoms with Crippen LogP contribution in [0, 0.1) is 5.92 Å². The van der Waals surface area contributed by atoms with Gasteiger partial charge < -0.3 is 92.0 Å². The van der Waals surface area contributed by atoms with Crippen molar-refractivity contribution < 1.29 is 58.2 Å². The molecule has 2 aromatic rings. The standard InChI is InChI=1S/C54H89N15O12/c1-7-60-53(80)44(32(5)70)69-50(77)40(22-26-58)64-48(75)37(19-14-23-55)63-51(78)41(27-30(2)3)66-52(79)42(28-34-15-10-8-11-16-34)67-49(76)39(21-25-57)62-46(73)31(4)61-47(74)38(20-24-56)65-54(81)45(33(6)71)68-43(72)29-36(59)35-17-12-9-13-18-35/h8-13,15-18,30-33,36-42,44-45,70-71H,7,14,19-29,55-59H2,1-6H3,(H,60,80)(H,61,74)(H,62,73)(H,63,78)(H,64,75)(H,65,81)(H,66,79)(H,67,76)(H,68,72)(H,69,77)/t31-,32?,33?,36?,37-,38-,39-,40-,41-,42+,44-,45-/m0/s1. The molecule has 22 N–H and O–H groups in total. The van der Waals surface area contributed by atoms with Gasteiger partial charge in [-0.25, -0.2) is 0 Å². The topological polar surface area (TPSA) is 462 Å². The second kappa shape index (κ2) is 37.0. The molecule has 81 heavy (non-hydrogen) atoms. The Hall–Kier alpha value is -7.14. The van der Waals surface area contributed by atoms with Crippen molar-refractivity contribution in [3.8, 4) is 0 Å². The Morgan fingerprint density at radius 1 is 0.457 bits per heavy atom. The third-order valence-corrected chi connectivity index (χ3v) is 12.7. The Kier molecular flexibility index (Phi) is 31.9. The smallest absolute Gasteiger partial charge is 0.245 e. The third-order valence-electron chi connectivity index (χ3n) is 12.7. The maximum atomic E-state index is 14.4. The zero-order chi connectivity index (χ0) is 60.8. The minimum atomic E-state index is -1.50. The Labute approximate surface area is 473 Å². The Morgan fingerprint density at radius 2 is 0.864 bits per heavy atom. The van der Waals surface area contributed by atoms with Gasteiger partial charge in [-0.05, 0) is 109 Å². The highest BCUT2D eigenvalue weighted by molar-refractivity contribution is 5.98. The number of nitrogens with two attached hydrogens (primary N) is 5. The molecule has 27 nitrogen and oxygen atoms in total. The number of benzene rings is 2. The molecule has 3 unspecified atom stereocenters. The summed E-state index contributed by atoms with van der Waals surface area (Å²) in [4.78, 5) is 136. The van der Waals surface area contributed by atoms with Crippen LogP contribution in [0.5, 0.6) is 0 Å². The van der Waals surface area contributed by atoms with E-state index in [0.29, 0.717) is 11.1 Å². The number of nitrogens with one attached hydrogen (secondary N) is 10. The summed E-state index contributed by atoms with van der Waals surface area (Å²) in [5.41, 5.74) is 30.7. The van der Waals surface area contributed by atoms with Gasteiger partial charge in [-0.2, -0.15) is 0 Å². The summed E-state index contributed by atoms with van der Waals surface area (Å²) in [6.45, 7) is 9.21. The Morgan fingerprint density at radius 3 is 1.35 bits per heavy atom. The molecule has 0 aliphatic carbocycles. The van der Waals surface area contributed by atoms with Crippen molar-refractivity contribution >= 4 is 59.1 Å². The van der Waals surface area contributed by atoms with Gasteiger partial charge in [0.15, 0.2) is 0 Å². The fourth-order valence-electron chi connectivity index (χ4n) is 8.28. The quantitative estimate of drug-likeness (QED) is 0.0303. The number of aliphatic hydroxyl groups excluding tert-OH is 2. The molecule has 0 radical (unpaired) electrons. The first kappa shape index (κ1) is 70.0. The van der Waals surface area contributed by atoms with E-state index in [1.165, 1.54) is 20.8 Å². The summed E-state index contributed by atoms with van der Waals surface area (Å²) in [5.74, 6) is -8.19. The number of likely N-dealkylation sites (N-methyl/N-ethyl adjacent to an activating group) is 1. The van der Waals surface area contributed by atoms with E-state index in [2.05, 4.69) is 53.2 Å². The Balaban J connectivity index is 2.31. The zero-order valence-electron chi connectivity index (χ0n) is 47.3. The fourth-order valence-corrected chi connectivity index (χ4v) is 8.28. The van der Waals surface area contributed by atoms with Crippen LogP contribution in [-0.2, 0) is 54.4 Å². The largest absolute Gasteiger partial charge is 0.391 e. The van der Waals surface area contributed by atoms with Gasteiger partial charge in [-0.1, -0.05) is 74.5 Å². The summed E-state index contributed by atoms with van der Waals surface area (Å²) < 4.78 is 0. The molecule has 0 aliphatic rings. The highest BCUT2D eigenvalue weighted by Crippen LogP contribution is 2.14. The SMILES string of the molecule is CCNC(=O)[C@@H](NC(=O)[C@H](CCN)NC(=O)[C@H](CCCN)NC(=O)[C@H](CC(C)C)NC(=O)[C@@H](Cc1ccccc1)NC(=O)[C@H](CCN)NC(=O)[C@H](C)NC(=O)[C@H](CCN)NC(=O)[C@@H](NC(=O)CC(N)c1ccccc1)C(C)O)C(C)O. The van der Waals surface area contributed by atoms with E-state index in [0.717, 1.165) is 0 Å². The van der Waals surface area contributed by atoms with Crippen LogP contribution < -0.4 is 81.8 Å². The van der Waals surface area contributed by atoms with Crippen LogP contribution in [0.1, 0.15) is 104 Å². The highest BCUT2D eigenvalue weighted by Gasteiger charge is 2.36. The molecule has 0 spiro atoms. The van der Waals surface area contributed by atoms with Crippen molar-refractivity contribution in [1.29, 1.82) is 0 Å². The number of rotatable bonds is 37. The highest BCUT2D eigenvalue weighted by atomic mass is 16.3. The van der Waals surface area contributed by atoms with E-state index >= 15 is 0 Å². The van der Waals surface area contributed by atoms with Gasteiger partial charge in [0, 0.05) is 25.4 Å². The third kappa shape index (κ3) is 25.0. The molecule has 0 heterocycles. The van der Waals surface area contributed by atoms with Gasteiger partial charge in [0.25, 0.3) is 0 Å². The Bertz CT molecular complexity index is 2330. The molecule has 0 aromatic heterocycles. The van der Waals surface area contributed by atoms with E-state index in [-0.39, 0.29) is 90.0 Å². The number of hydrogen-bond donors (Lipinski definition) is 17. The van der Waals surface area contributed by atoms with Crippen molar-refractivity contribution in [2.24, 2.45) is 34.6 Å². The summed E-state index contributed by atoms with van der Waals surface area (Å²) in [6.07, 6.45) is -3.05. The predicted molar refractivity (Wildman–Crippen MR) is 302 cm³/mol. The van der Waals surface area contributed by atoms with Gasteiger partial charge in [-0.3, -0.25) is 47.9 Å². The monoisotopic (exact) mass is 1140 g/mol. The summed E-state index contributed by atoms with van der Waals surface area (Å²) in [7, 11) is 0. The average Bonchev–Trinajstić information content (AvgIpc) is 3.41. The molecule has 0 saturated carbocycles. The van der Waals surface area contributed by atoms with E-state index in [4.69, 9.17) is 28.7 Å². The lowest BCUT2D eigenvalue weighted by Gasteiger charge is -2.28. The molecule has 27 heteroatoms. The maximum Gasteiger partial charge on any atom is 0.245 e. The lowest BCUT2D eigenvalue weighted by Crippen LogP contribution is -2.61. The lowest BCUT2D eigenvalue weighted by molar-refractivity contribution is -0.136. The van der Waals surface area contributed by atoms with Crippen LogP contribution >= 0.6 is 0 Å². The van der Waals surface area contributed by atoms with E-state index in [1.54, 1.807) is 81.4 Å². The maximum absolute atomic E-state index is 14.4. The van der Waals surface area contributed by atoms with Crippen molar-refractivity contribution in [2.75, 3.05) is 32.7 Å². The molecule has 2 rings (SSSR count). The van der Waals surface area contributed by atoms with Crippen LogP contribution in [0.15, 0.2) is 60.7 Å². The van der Waals surface area contributed by atoms with Gasteiger partial charge in [0.2, 0.25) is 59.1 Å². The number of aliphatic hydroxyl groups is 2. The number of amides is 10. The lowest BCUT2D eigenvalue weighted by atomic mass is 10.00. The molecule has 2 aromatic carbocycles. The van der Waals surface area contributed by atoms with Gasteiger partial charge in [0.1, 0.15) is 54.4 Å². The molecule has 0 fully saturated rings. The molecule has 10 amide bonds. The summed E-state index contributed by atoms with van der Waals surface area (Å²) in [6, 6.07) is 4.52. The van der Waals surface area contributed by atoms with Gasteiger partial charge in [-0.15, -0.1) is 0 Å². The molecule has 0 saturated heterocycles. The molecular weight excluding hydrogens is 1050 g/mol. The van der Waals surface area contributed by atoms with Crippen LogP contribution in [-0.4, -0.2) is 169 Å². The normalized spacial score (nSPS) is 15.6. The average molecular weight is 1140 g/mol. The molecular formula is C54H89N15O12. The first-order valence-electron chi connectivity index (χ1n) is 27.4. The van der Waals surface area contributed by atoms with Gasteiger partial charge in [0.05, 0.1) is 12.2 Å². The number of carbonyl (C=O) groups is 10. The van der Waals surface area contributed by atoms with E-state index in [1.807, 2.05) is 0 Å². The fraction of sp³-hybridized carbons (Fsp3) is 0.593. The van der Waals surface area contributed by atoms with Crippen molar-refractivity contribution in [3.63, 3.8) is 0 Å². The number of hydrogen-bond acceptors (Lipinski definition) is 17. The molecule has 0 aliphatic heterocycles. The van der Waals surface area contributed by atoms with Crippen LogP contribution in [0.25, 0.3) is 0 Å². The van der Waals surface area contributed by atoms with E-state index in [9.17, 15) is 58.2 Å². The summed E-state index contributed by atoms with van der Waals surface area (Å²) >= 11 is 0. The van der Waals surface area contributed by atoms with Crippen LogP contribution in [0.4, 0.5) is 0 Å². The molecule has 0 bridgehead atoms. The minimum Gasteiger partial charge on any atom is -0.391 e. The summed E-state index contributed by atoms with van der Waals surface area (Å²) in [5, 5.41) is 46.3. The molecule has 452 valence electrons. The zero-order valence-corrected chi connectivity index (χ0v) is 47.3. The first-order valence-corrected chi connectivity index (χ1v) is 27.4. The van der Waals surface area contributed by atoms with Crippen molar-refractivity contribution in [3.05, 3.63) is 71.8 Å². The van der Waals surface area contributed by atoms with Gasteiger partial charge >= 0.3 is 0 Å². The second-order valence-corrected chi connectivity index (χ2v) is 20.2. The van der Waals surface area contributed by atoms with Crippen LogP contribution in [0.2, 0.25) is 0 Å². The second-order valence-electron chi connectivity index (χ2n) is 20.2. The molecule has 12 atom stereocenters. The first-order chi connectivity index (χ1) is 38.4. The van der Waals surface area contributed by atoms with Crippen molar-refractivity contribution in [1.82, 2.24) is 53.2 Å². The van der Waals surface area contributed by atoms with E-state index < -0.39 is 132 Å².